The van der Waals surface area contributed by atoms with Gasteiger partial charge in [0.05, 0.1) is 4.90 Å². The van der Waals surface area contributed by atoms with Crippen LogP contribution in [0.15, 0.2) is 23.1 Å². The van der Waals surface area contributed by atoms with E-state index in [9.17, 15) is 13.2 Å². The fourth-order valence-electron chi connectivity index (χ4n) is 1.81. The van der Waals surface area contributed by atoms with Gasteiger partial charge in [-0.05, 0) is 25.0 Å². The van der Waals surface area contributed by atoms with E-state index in [-0.39, 0.29) is 16.7 Å². The number of benzene rings is 1. The van der Waals surface area contributed by atoms with E-state index < -0.39 is 10.0 Å². The van der Waals surface area contributed by atoms with Crippen LogP contribution in [0.1, 0.15) is 12.8 Å². The van der Waals surface area contributed by atoms with Crippen LogP contribution in [0.25, 0.3) is 0 Å². The van der Waals surface area contributed by atoms with Gasteiger partial charge in [0.25, 0.3) is 10.0 Å². The number of rotatable bonds is 4. The molecule has 8 heteroatoms. The number of carbonyl (C=O) groups is 1. The van der Waals surface area contributed by atoms with Crippen molar-refractivity contribution in [2.45, 2.75) is 17.7 Å². The second kappa shape index (κ2) is 4.95. The van der Waals surface area contributed by atoms with E-state index in [0.717, 1.165) is 12.8 Å². The minimum Gasteiger partial charge on any atom is -0.486 e. The summed E-state index contributed by atoms with van der Waals surface area (Å²) < 4.78 is 34.7. The van der Waals surface area contributed by atoms with Crippen molar-refractivity contribution in [1.29, 1.82) is 0 Å². The number of fused-ring (bicyclic) bond motifs is 1. The zero-order chi connectivity index (χ0) is 14.2. The molecule has 7 nitrogen and oxygen atoms in total. The average molecular weight is 298 g/mol. The summed E-state index contributed by atoms with van der Waals surface area (Å²) in [5.41, 5.74) is 2.21. The lowest BCUT2D eigenvalue weighted by Gasteiger charge is -2.19. The third-order valence-electron chi connectivity index (χ3n) is 3.08. The molecule has 0 atom stereocenters. The Morgan fingerprint density at radius 2 is 1.85 bits per heavy atom. The number of hydrazine groups is 1. The van der Waals surface area contributed by atoms with Gasteiger partial charge in [0.2, 0.25) is 5.91 Å². The van der Waals surface area contributed by atoms with Crippen molar-refractivity contribution in [3.8, 4) is 11.5 Å². The zero-order valence-corrected chi connectivity index (χ0v) is 11.4. The standard InChI is InChI=1S/C12H14N2O5S/c15-12(8-1-2-8)13-14-20(16,17)9-3-4-10-11(7-9)19-6-5-18-10/h3-4,7-8,14H,1-2,5-6H2,(H,13,15). The lowest BCUT2D eigenvalue weighted by Crippen LogP contribution is -2.42. The highest BCUT2D eigenvalue weighted by Gasteiger charge is 2.30. The molecule has 0 saturated heterocycles. The fraction of sp³-hybridized carbons (Fsp3) is 0.417. The van der Waals surface area contributed by atoms with E-state index in [1.165, 1.54) is 18.2 Å². The maximum atomic E-state index is 12.0. The highest BCUT2D eigenvalue weighted by Crippen LogP contribution is 2.32. The molecular formula is C12H14N2O5S. The summed E-state index contributed by atoms with van der Waals surface area (Å²) in [6, 6.07) is 4.31. The molecule has 0 radical (unpaired) electrons. The lowest BCUT2D eigenvalue weighted by molar-refractivity contribution is -0.122. The highest BCUT2D eigenvalue weighted by atomic mass is 32.2. The van der Waals surface area contributed by atoms with Crippen molar-refractivity contribution < 1.29 is 22.7 Å². The molecule has 1 heterocycles. The first kappa shape index (κ1) is 13.2. The number of hydrogen-bond donors (Lipinski definition) is 2. The summed E-state index contributed by atoms with van der Waals surface area (Å²) >= 11 is 0. The topological polar surface area (TPSA) is 93.7 Å². The average Bonchev–Trinajstić information content (AvgIpc) is 3.29. The summed E-state index contributed by atoms with van der Waals surface area (Å²) in [6.07, 6.45) is 1.61. The van der Waals surface area contributed by atoms with Crippen molar-refractivity contribution in [2.24, 2.45) is 5.92 Å². The van der Waals surface area contributed by atoms with Gasteiger partial charge in [-0.3, -0.25) is 10.2 Å². The van der Waals surface area contributed by atoms with Crippen molar-refractivity contribution in [2.75, 3.05) is 13.2 Å². The fourth-order valence-corrected chi connectivity index (χ4v) is 2.68. The molecule has 0 aromatic heterocycles. The molecule has 1 amide bonds. The lowest BCUT2D eigenvalue weighted by atomic mass is 10.3. The first-order chi connectivity index (χ1) is 9.56. The number of nitrogens with one attached hydrogen (secondary N) is 2. The highest BCUT2D eigenvalue weighted by molar-refractivity contribution is 7.89. The second-order valence-corrected chi connectivity index (χ2v) is 6.36. The van der Waals surface area contributed by atoms with E-state index in [0.29, 0.717) is 24.7 Å². The van der Waals surface area contributed by atoms with Crippen LogP contribution in [0.3, 0.4) is 0 Å². The van der Waals surface area contributed by atoms with Gasteiger partial charge in [0.15, 0.2) is 11.5 Å². The number of hydrogen-bond acceptors (Lipinski definition) is 5. The molecule has 108 valence electrons. The van der Waals surface area contributed by atoms with Gasteiger partial charge in [-0.25, -0.2) is 8.42 Å². The maximum absolute atomic E-state index is 12.0. The van der Waals surface area contributed by atoms with Gasteiger partial charge >= 0.3 is 0 Å². The van der Waals surface area contributed by atoms with Gasteiger partial charge in [-0.2, -0.15) is 0 Å². The van der Waals surface area contributed by atoms with E-state index >= 15 is 0 Å². The second-order valence-electron chi connectivity index (χ2n) is 4.67. The number of carbonyl (C=O) groups excluding carboxylic acids is 1. The number of ether oxygens (including phenoxy) is 2. The van der Waals surface area contributed by atoms with Crippen molar-refractivity contribution >= 4 is 15.9 Å². The normalized spacial score (nSPS) is 17.6. The van der Waals surface area contributed by atoms with E-state index in [4.69, 9.17) is 9.47 Å². The predicted octanol–water partition coefficient (Wildman–Crippen LogP) is 0.177. The Hall–Kier alpha value is -1.80. The molecule has 20 heavy (non-hydrogen) atoms. The molecular weight excluding hydrogens is 284 g/mol. The van der Waals surface area contributed by atoms with Gasteiger partial charge < -0.3 is 9.47 Å². The van der Waals surface area contributed by atoms with Crippen LogP contribution >= 0.6 is 0 Å². The van der Waals surface area contributed by atoms with Crippen LogP contribution in [0.5, 0.6) is 11.5 Å². The van der Waals surface area contributed by atoms with E-state index in [2.05, 4.69) is 10.3 Å². The first-order valence-corrected chi connectivity index (χ1v) is 7.76. The smallest absolute Gasteiger partial charge is 0.257 e. The number of sulfonamides is 1. The minimum absolute atomic E-state index is 0.0119. The Balaban J connectivity index is 1.74. The van der Waals surface area contributed by atoms with Crippen LogP contribution in [0.2, 0.25) is 0 Å². The maximum Gasteiger partial charge on any atom is 0.257 e. The molecule has 2 N–H and O–H groups in total. The molecule has 1 aliphatic carbocycles. The van der Waals surface area contributed by atoms with Crippen LogP contribution in [0.4, 0.5) is 0 Å². The Morgan fingerprint density at radius 1 is 1.15 bits per heavy atom. The van der Waals surface area contributed by atoms with Crippen molar-refractivity contribution in [3.05, 3.63) is 18.2 Å². The summed E-state index contributed by atoms with van der Waals surface area (Å²) in [5.74, 6) is 0.522. The molecule has 1 saturated carbocycles. The predicted molar refractivity (Wildman–Crippen MR) is 68.6 cm³/mol. The molecule has 1 aliphatic heterocycles. The molecule has 1 fully saturated rings. The van der Waals surface area contributed by atoms with Crippen LogP contribution < -0.4 is 19.7 Å². The molecule has 1 aromatic carbocycles. The molecule has 3 rings (SSSR count). The Labute approximate surface area is 116 Å². The van der Waals surface area contributed by atoms with Crippen LogP contribution in [-0.2, 0) is 14.8 Å². The van der Waals surface area contributed by atoms with E-state index in [1.807, 2.05) is 0 Å². The Bertz CT molecular complexity index is 639. The van der Waals surface area contributed by atoms with Crippen LogP contribution in [0, 0.1) is 5.92 Å². The van der Waals surface area contributed by atoms with Crippen LogP contribution in [-0.4, -0.2) is 27.5 Å². The van der Waals surface area contributed by atoms with Gasteiger partial charge in [-0.15, -0.1) is 4.83 Å². The summed E-state index contributed by atoms with van der Waals surface area (Å²) in [5, 5.41) is 0. The largest absolute Gasteiger partial charge is 0.486 e. The Kier molecular flexibility index (Phi) is 3.27. The molecule has 0 spiro atoms. The summed E-state index contributed by atoms with van der Waals surface area (Å²) in [7, 11) is -3.81. The SMILES string of the molecule is O=C(NNS(=O)(=O)c1ccc2c(c1)OCCO2)C1CC1. The molecule has 1 aromatic rings. The molecule has 2 aliphatic rings. The number of amides is 1. The zero-order valence-electron chi connectivity index (χ0n) is 10.6. The van der Waals surface area contributed by atoms with Gasteiger partial charge in [-0.1, -0.05) is 0 Å². The van der Waals surface area contributed by atoms with Crippen molar-refractivity contribution in [1.82, 2.24) is 10.3 Å². The van der Waals surface area contributed by atoms with Gasteiger partial charge in [0.1, 0.15) is 13.2 Å². The molecule has 0 bridgehead atoms. The quantitative estimate of drug-likeness (QED) is 0.773. The third kappa shape index (κ3) is 2.70. The Morgan fingerprint density at radius 3 is 2.55 bits per heavy atom. The summed E-state index contributed by atoms with van der Waals surface area (Å²) in [4.78, 5) is 13.5. The minimum atomic E-state index is -3.81. The van der Waals surface area contributed by atoms with Gasteiger partial charge in [0, 0.05) is 12.0 Å². The molecule has 0 unspecified atom stereocenters. The summed E-state index contributed by atoms with van der Waals surface area (Å²) in [6.45, 7) is 0.817. The third-order valence-corrected chi connectivity index (χ3v) is 4.33. The van der Waals surface area contributed by atoms with Crippen molar-refractivity contribution in [3.63, 3.8) is 0 Å². The first-order valence-electron chi connectivity index (χ1n) is 6.27. The monoisotopic (exact) mass is 298 g/mol. The van der Waals surface area contributed by atoms with E-state index in [1.54, 1.807) is 0 Å².